The Morgan fingerprint density at radius 1 is 1.33 bits per heavy atom. The Hall–Kier alpha value is -0.590. The number of benzene rings is 1. The lowest BCUT2D eigenvalue weighted by Gasteiger charge is -2.26. The summed E-state index contributed by atoms with van der Waals surface area (Å²) in [6.45, 7) is -0.346. The highest BCUT2D eigenvalue weighted by Crippen LogP contribution is 2.32. The monoisotopic (exact) mass is 364 g/mol. The maximum absolute atomic E-state index is 12.6. The second kappa shape index (κ2) is 7.11. The third-order valence-corrected chi connectivity index (χ3v) is 4.50. The number of nitrogens with zero attached hydrogens (tertiary/aromatic N) is 1. The Bertz CT molecular complexity index is 460. The van der Waals surface area contributed by atoms with E-state index in [0.29, 0.717) is 13.0 Å². The number of nitrogens with one attached hydrogen (secondary N) is 1. The van der Waals surface area contributed by atoms with E-state index in [0.717, 1.165) is 22.9 Å². The molecule has 1 aromatic rings. The molecule has 1 aliphatic rings. The van der Waals surface area contributed by atoms with Gasteiger partial charge in [-0.1, -0.05) is 34.1 Å². The van der Waals surface area contributed by atoms with Gasteiger partial charge in [-0.2, -0.15) is 13.2 Å². The number of alkyl halides is 3. The molecule has 0 saturated heterocycles. The highest BCUT2D eigenvalue weighted by Gasteiger charge is 2.37. The summed E-state index contributed by atoms with van der Waals surface area (Å²) in [5, 5.41) is 3.20. The minimum atomic E-state index is -4.12. The zero-order chi connectivity index (χ0) is 15.5. The average molecular weight is 365 g/mol. The van der Waals surface area contributed by atoms with E-state index in [1.54, 1.807) is 4.90 Å². The molecule has 0 bridgehead atoms. The number of hydrogen-bond acceptors (Lipinski definition) is 2. The Balaban J connectivity index is 1.96. The van der Waals surface area contributed by atoms with Crippen LogP contribution in [0.5, 0.6) is 0 Å². The van der Waals surface area contributed by atoms with Gasteiger partial charge in [-0.05, 0) is 37.9 Å². The van der Waals surface area contributed by atoms with Gasteiger partial charge in [-0.3, -0.25) is 4.90 Å². The van der Waals surface area contributed by atoms with E-state index >= 15 is 0 Å². The van der Waals surface area contributed by atoms with Gasteiger partial charge in [-0.15, -0.1) is 0 Å². The Kier molecular flexibility index (Phi) is 5.68. The Morgan fingerprint density at radius 2 is 2.00 bits per heavy atom. The molecule has 1 aliphatic carbocycles. The summed E-state index contributed by atoms with van der Waals surface area (Å²) in [5.74, 6) is 0. The summed E-state index contributed by atoms with van der Waals surface area (Å²) in [7, 11) is 1.84. The lowest BCUT2D eigenvalue weighted by molar-refractivity contribution is -0.147. The van der Waals surface area contributed by atoms with Gasteiger partial charge in [0.15, 0.2) is 0 Å². The number of halogens is 4. The fourth-order valence-corrected chi connectivity index (χ4v) is 3.13. The van der Waals surface area contributed by atoms with Crippen LogP contribution in [0.1, 0.15) is 30.9 Å². The summed E-state index contributed by atoms with van der Waals surface area (Å²) >= 11 is 3.50. The second-order valence-corrected chi connectivity index (χ2v) is 6.32. The molecule has 0 aromatic heterocycles. The molecule has 0 amide bonds. The molecule has 2 rings (SSSR count). The van der Waals surface area contributed by atoms with Crippen molar-refractivity contribution in [2.24, 2.45) is 0 Å². The molecule has 0 radical (unpaired) electrons. The topological polar surface area (TPSA) is 15.3 Å². The largest absolute Gasteiger partial charge is 0.401 e. The smallest absolute Gasteiger partial charge is 0.313 e. The Morgan fingerprint density at radius 3 is 2.52 bits per heavy atom. The van der Waals surface area contributed by atoms with Gasteiger partial charge in [0, 0.05) is 23.1 Å². The van der Waals surface area contributed by atoms with E-state index in [4.69, 9.17) is 0 Å². The van der Waals surface area contributed by atoms with Crippen LogP contribution in [0.25, 0.3) is 0 Å². The van der Waals surface area contributed by atoms with Crippen molar-refractivity contribution in [3.8, 4) is 0 Å². The molecule has 6 heteroatoms. The average Bonchev–Trinajstić information content (AvgIpc) is 3.23. The van der Waals surface area contributed by atoms with Crippen LogP contribution in [0.2, 0.25) is 0 Å². The summed E-state index contributed by atoms with van der Waals surface area (Å²) < 4.78 is 38.9. The van der Waals surface area contributed by atoms with E-state index in [-0.39, 0.29) is 12.1 Å². The predicted molar refractivity (Wildman–Crippen MR) is 81.2 cm³/mol. The minimum absolute atomic E-state index is 0.0510. The summed E-state index contributed by atoms with van der Waals surface area (Å²) in [6, 6.07) is 7.99. The van der Waals surface area contributed by atoms with Crippen LogP contribution in [0.3, 0.4) is 0 Å². The fourth-order valence-electron chi connectivity index (χ4n) is 2.57. The maximum Gasteiger partial charge on any atom is 0.401 e. The van der Waals surface area contributed by atoms with Crippen LogP contribution < -0.4 is 5.32 Å². The maximum atomic E-state index is 12.6. The summed E-state index contributed by atoms with van der Waals surface area (Å²) in [4.78, 5) is 1.57. The van der Waals surface area contributed by atoms with Crippen molar-refractivity contribution < 1.29 is 13.2 Å². The van der Waals surface area contributed by atoms with Crippen LogP contribution in [-0.2, 0) is 0 Å². The number of hydrogen-bond donors (Lipinski definition) is 1. The standard InChI is InChI=1S/C15H20BrF3N2/c1-20-14(12-4-2-3-5-13(12)16)8-9-21(11-6-7-11)10-15(17,18)19/h2-5,11,14,20H,6-10H2,1H3. The van der Waals surface area contributed by atoms with Crippen molar-refractivity contribution >= 4 is 15.9 Å². The van der Waals surface area contributed by atoms with Gasteiger partial charge in [0.25, 0.3) is 0 Å². The lowest BCUT2D eigenvalue weighted by Crippen LogP contribution is -2.37. The van der Waals surface area contributed by atoms with Gasteiger partial charge >= 0.3 is 6.18 Å². The normalized spacial score (nSPS) is 17.2. The first-order valence-electron chi connectivity index (χ1n) is 7.13. The Labute approximate surface area is 131 Å². The summed E-state index contributed by atoms with van der Waals surface area (Å²) in [5.41, 5.74) is 1.09. The molecule has 1 unspecified atom stereocenters. The molecule has 0 spiro atoms. The molecule has 118 valence electrons. The first kappa shape index (κ1) is 16.8. The van der Waals surface area contributed by atoms with Gasteiger partial charge in [0.05, 0.1) is 6.54 Å². The van der Waals surface area contributed by atoms with Crippen LogP contribution >= 0.6 is 15.9 Å². The molecule has 2 nitrogen and oxygen atoms in total. The van der Waals surface area contributed by atoms with Crippen molar-refractivity contribution in [3.63, 3.8) is 0 Å². The highest BCUT2D eigenvalue weighted by molar-refractivity contribution is 9.10. The quantitative estimate of drug-likeness (QED) is 0.782. The van der Waals surface area contributed by atoms with Gasteiger partial charge in [-0.25, -0.2) is 0 Å². The molecule has 1 fully saturated rings. The first-order valence-corrected chi connectivity index (χ1v) is 7.92. The van der Waals surface area contributed by atoms with E-state index in [1.807, 2.05) is 31.3 Å². The van der Waals surface area contributed by atoms with Crippen LogP contribution in [-0.4, -0.2) is 37.3 Å². The number of rotatable bonds is 7. The van der Waals surface area contributed by atoms with E-state index in [1.165, 1.54) is 0 Å². The predicted octanol–water partition coefficient (Wildman–Crippen LogP) is 4.13. The SMILES string of the molecule is CNC(CCN(CC(F)(F)F)C1CC1)c1ccccc1Br. The van der Waals surface area contributed by atoms with Gasteiger partial charge < -0.3 is 5.32 Å². The molecular weight excluding hydrogens is 345 g/mol. The van der Waals surface area contributed by atoms with Crippen molar-refractivity contribution in [2.75, 3.05) is 20.1 Å². The molecule has 0 heterocycles. The van der Waals surface area contributed by atoms with Crippen molar-refractivity contribution in [2.45, 2.75) is 37.5 Å². The third kappa shape index (κ3) is 5.27. The third-order valence-electron chi connectivity index (χ3n) is 3.78. The molecule has 1 aromatic carbocycles. The van der Waals surface area contributed by atoms with E-state index < -0.39 is 12.7 Å². The highest BCUT2D eigenvalue weighted by atomic mass is 79.9. The zero-order valence-electron chi connectivity index (χ0n) is 12.0. The van der Waals surface area contributed by atoms with Gasteiger partial charge in [0.2, 0.25) is 0 Å². The molecule has 1 atom stereocenters. The molecule has 1 N–H and O–H groups in total. The van der Waals surface area contributed by atoms with Crippen LogP contribution in [0.4, 0.5) is 13.2 Å². The van der Waals surface area contributed by atoms with E-state index in [9.17, 15) is 13.2 Å². The fraction of sp³-hybridized carbons (Fsp3) is 0.600. The van der Waals surface area contributed by atoms with Crippen molar-refractivity contribution in [1.29, 1.82) is 0 Å². The van der Waals surface area contributed by atoms with Gasteiger partial charge in [0.1, 0.15) is 0 Å². The van der Waals surface area contributed by atoms with Crippen molar-refractivity contribution in [3.05, 3.63) is 34.3 Å². The molecule has 21 heavy (non-hydrogen) atoms. The van der Waals surface area contributed by atoms with Crippen LogP contribution in [0, 0.1) is 0 Å². The first-order chi connectivity index (χ1) is 9.90. The summed E-state index contributed by atoms with van der Waals surface area (Å²) in [6.07, 6.45) is -1.69. The second-order valence-electron chi connectivity index (χ2n) is 5.47. The van der Waals surface area contributed by atoms with Crippen LogP contribution in [0.15, 0.2) is 28.7 Å². The molecular formula is C15H20BrF3N2. The lowest BCUT2D eigenvalue weighted by atomic mass is 10.0. The molecule has 1 saturated carbocycles. The zero-order valence-corrected chi connectivity index (χ0v) is 13.5. The molecule has 0 aliphatic heterocycles. The minimum Gasteiger partial charge on any atom is -0.313 e. The van der Waals surface area contributed by atoms with E-state index in [2.05, 4.69) is 21.2 Å². The van der Waals surface area contributed by atoms with Crippen molar-refractivity contribution in [1.82, 2.24) is 10.2 Å².